The third-order valence-electron chi connectivity index (χ3n) is 3.25. The molecule has 1 aliphatic rings. The summed E-state index contributed by atoms with van der Waals surface area (Å²) in [6.45, 7) is 0. The molecule has 3 rings (SSSR count). The Morgan fingerprint density at radius 1 is 0.773 bits per heavy atom. The fourth-order valence-electron chi connectivity index (χ4n) is 2.19. The number of benzene rings is 2. The highest BCUT2D eigenvalue weighted by atomic mass is 32.2. The molecule has 1 aliphatic heterocycles. The van der Waals surface area contributed by atoms with Crippen molar-refractivity contribution in [2.45, 2.75) is 4.90 Å². The number of sulfone groups is 1. The first-order valence-electron chi connectivity index (χ1n) is 6.47. The molecule has 0 bridgehead atoms. The number of para-hydroxylation sites is 1. The van der Waals surface area contributed by atoms with E-state index < -0.39 is 26.6 Å². The van der Waals surface area contributed by atoms with Gasteiger partial charge in [-0.15, -0.1) is 0 Å². The van der Waals surface area contributed by atoms with Gasteiger partial charge in [-0.2, -0.15) is 0 Å². The fraction of sp³-hybridized carbons (Fsp3) is 0. The molecule has 0 saturated heterocycles. The molecular formula is C16H11NO4S. The first-order valence-corrected chi connectivity index (χ1v) is 7.95. The van der Waals surface area contributed by atoms with Gasteiger partial charge in [0.05, 0.1) is 10.6 Å². The van der Waals surface area contributed by atoms with Crippen molar-refractivity contribution in [3.63, 3.8) is 0 Å². The number of imide groups is 1. The molecule has 0 aliphatic carbocycles. The molecule has 0 unspecified atom stereocenters. The lowest BCUT2D eigenvalue weighted by molar-refractivity contribution is -0.120. The molecule has 6 heteroatoms. The molecule has 0 N–H and O–H groups in total. The Morgan fingerprint density at radius 2 is 1.32 bits per heavy atom. The summed E-state index contributed by atoms with van der Waals surface area (Å²) in [5.41, 5.74) is 0.340. The normalized spacial score (nSPS) is 15.1. The van der Waals surface area contributed by atoms with Gasteiger partial charge in [0.2, 0.25) is 9.84 Å². The molecule has 0 radical (unpaired) electrons. The Balaban J connectivity index is 2.03. The highest BCUT2D eigenvalue weighted by Crippen LogP contribution is 2.28. The number of carbonyl (C=O) groups is 2. The van der Waals surface area contributed by atoms with Crippen LogP contribution in [-0.4, -0.2) is 20.2 Å². The number of carbonyl (C=O) groups excluding carboxylic acids is 2. The van der Waals surface area contributed by atoms with Crippen LogP contribution in [0.4, 0.5) is 5.69 Å². The van der Waals surface area contributed by atoms with E-state index in [0.717, 1.165) is 11.0 Å². The largest absolute Gasteiger partial charge is 0.277 e. The smallest absolute Gasteiger partial charge is 0.269 e. The minimum atomic E-state index is -4.01. The van der Waals surface area contributed by atoms with Crippen LogP contribution in [0.1, 0.15) is 0 Å². The van der Waals surface area contributed by atoms with E-state index in [1.54, 1.807) is 48.5 Å². The van der Waals surface area contributed by atoms with E-state index in [-0.39, 0.29) is 4.90 Å². The third kappa shape index (κ3) is 2.23. The van der Waals surface area contributed by atoms with Gasteiger partial charge in [-0.1, -0.05) is 36.4 Å². The van der Waals surface area contributed by atoms with Gasteiger partial charge in [-0.3, -0.25) is 9.59 Å². The van der Waals surface area contributed by atoms with Crippen molar-refractivity contribution < 1.29 is 18.0 Å². The minimum Gasteiger partial charge on any atom is -0.269 e. The summed E-state index contributed by atoms with van der Waals surface area (Å²) in [6, 6.07) is 15.8. The SMILES string of the molecule is O=C1C=C(S(=O)(=O)c2ccccc2)C(=O)N1c1ccccc1. The second kappa shape index (κ2) is 5.23. The van der Waals surface area contributed by atoms with Crippen molar-refractivity contribution in [1.29, 1.82) is 0 Å². The highest BCUT2D eigenvalue weighted by Gasteiger charge is 2.39. The number of anilines is 1. The Morgan fingerprint density at radius 3 is 1.91 bits per heavy atom. The maximum absolute atomic E-state index is 12.5. The molecule has 0 fully saturated rings. The van der Waals surface area contributed by atoms with E-state index >= 15 is 0 Å². The zero-order valence-electron chi connectivity index (χ0n) is 11.3. The second-order valence-electron chi connectivity index (χ2n) is 4.64. The van der Waals surface area contributed by atoms with Gasteiger partial charge in [0, 0.05) is 6.08 Å². The first kappa shape index (κ1) is 14.2. The average molecular weight is 313 g/mol. The van der Waals surface area contributed by atoms with Gasteiger partial charge >= 0.3 is 0 Å². The lowest BCUT2D eigenvalue weighted by Crippen LogP contribution is -2.32. The summed E-state index contributed by atoms with van der Waals surface area (Å²) in [6.07, 6.45) is 0.873. The summed E-state index contributed by atoms with van der Waals surface area (Å²) in [7, 11) is -4.01. The molecule has 22 heavy (non-hydrogen) atoms. The van der Waals surface area contributed by atoms with Gasteiger partial charge in [-0.05, 0) is 24.3 Å². The van der Waals surface area contributed by atoms with E-state index in [1.165, 1.54) is 12.1 Å². The van der Waals surface area contributed by atoms with Gasteiger partial charge in [0.1, 0.15) is 4.91 Å². The van der Waals surface area contributed by atoms with Gasteiger partial charge < -0.3 is 0 Å². The molecule has 1 heterocycles. The molecule has 2 aromatic carbocycles. The molecule has 110 valence electrons. The second-order valence-corrected chi connectivity index (χ2v) is 6.56. The Kier molecular flexibility index (Phi) is 3.38. The molecule has 2 amide bonds. The maximum Gasteiger partial charge on any atom is 0.277 e. The van der Waals surface area contributed by atoms with Crippen LogP contribution in [-0.2, 0) is 19.4 Å². The summed E-state index contributed by atoms with van der Waals surface area (Å²) in [4.78, 5) is 24.8. The van der Waals surface area contributed by atoms with Crippen molar-refractivity contribution in [2.75, 3.05) is 4.90 Å². The summed E-state index contributed by atoms with van der Waals surface area (Å²) in [5.74, 6) is -1.49. The van der Waals surface area contributed by atoms with Crippen LogP contribution in [0.3, 0.4) is 0 Å². The first-order chi connectivity index (χ1) is 10.5. The van der Waals surface area contributed by atoms with E-state index in [9.17, 15) is 18.0 Å². The summed E-state index contributed by atoms with van der Waals surface area (Å²) < 4.78 is 25.0. The minimum absolute atomic E-state index is 0.0164. The van der Waals surface area contributed by atoms with Crippen molar-refractivity contribution in [3.8, 4) is 0 Å². The van der Waals surface area contributed by atoms with Crippen molar-refractivity contribution >= 4 is 27.3 Å². The van der Waals surface area contributed by atoms with Crippen LogP contribution in [0.2, 0.25) is 0 Å². The lowest BCUT2D eigenvalue weighted by atomic mass is 10.3. The zero-order chi connectivity index (χ0) is 15.7. The predicted octanol–water partition coefficient (Wildman–Crippen LogP) is 1.92. The van der Waals surface area contributed by atoms with Crippen LogP contribution in [0.5, 0.6) is 0 Å². The quantitative estimate of drug-likeness (QED) is 0.812. The number of rotatable bonds is 3. The molecule has 0 atom stereocenters. The standard InChI is InChI=1S/C16H11NO4S/c18-15-11-14(22(20,21)13-9-5-2-6-10-13)16(19)17(15)12-7-3-1-4-8-12/h1-11H. The van der Waals surface area contributed by atoms with Gasteiger partial charge in [0.15, 0.2) is 0 Å². The number of amides is 2. The van der Waals surface area contributed by atoms with E-state index in [2.05, 4.69) is 0 Å². The third-order valence-corrected chi connectivity index (χ3v) is 5.01. The molecular weight excluding hydrogens is 302 g/mol. The van der Waals surface area contributed by atoms with Crippen LogP contribution in [0.25, 0.3) is 0 Å². The molecule has 0 aromatic heterocycles. The molecule has 5 nitrogen and oxygen atoms in total. The topological polar surface area (TPSA) is 71.5 Å². The van der Waals surface area contributed by atoms with E-state index in [0.29, 0.717) is 5.69 Å². The zero-order valence-corrected chi connectivity index (χ0v) is 12.2. The Labute approximate surface area is 127 Å². The Hall–Kier alpha value is -2.73. The summed E-state index contributed by atoms with van der Waals surface area (Å²) >= 11 is 0. The molecule has 0 spiro atoms. The van der Waals surface area contributed by atoms with Gasteiger partial charge in [0.25, 0.3) is 11.8 Å². The molecule has 2 aromatic rings. The number of hydrogen-bond acceptors (Lipinski definition) is 4. The van der Waals surface area contributed by atoms with Crippen molar-refractivity contribution in [1.82, 2.24) is 0 Å². The average Bonchev–Trinajstić information content (AvgIpc) is 2.84. The fourth-order valence-corrected chi connectivity index (χ4v) is 3.54. The lowest BCUT2D eigenvalue weighted by Gasteiger charge is -2.14. The van der Waals surface area contributed by atoms with Crippen molar-refractivity contribution in [2.24, 2.45) is 0 Å². The maximum atomic E-state index is 12.5. The highest BCUT2D eigenvalue weighted by molar-refractivity contribution is 7.96. The van der Waals surface area contributed by atoms with Crippen LogP contribution in [0, 0.1) is 0 Å². The van der Waals surface area contributed by atoms with Crippen LogP contribution in [0.15, 0.2) is 76.5 Å². The van der Waals surface area contributed by atoms with E-state index in [1.807, 2.05) is 0 Å². The monoisotopic (exact) mass is 313 g/mol. The Bertz CT molecular complexity index is 871. The van der Waals surface area contributed by atoms with Crippen molar-refractivity contribution in [3.05, 3.63) is 71.6 Å². The van der Waals surface area contributed by atoms with E-state index in [4.69, 9.17) is 0 Å². The predicted molar refractivity (Wildman–Crippen MR) is 80.6 cm³/mol. The number of nitrogens with zero attached hydrogens (tertiary/aromatic N) is 1. The van der Waals surface area contributed by atoms with Crippen LogP contribution >= 0.6 is 0 Å². The summed E-state index contributed by atoms with van der Waals surface area (Å²) in [5, 5.41) is 0. The molecule has 0 saturated carbocycles. The number of hydrogen-bond donors (Lipinski definition) is 0. The van der Waals surface area contributed by atoms with Gasteiger partial charge in [-0.25, -0.2) is 13.3 Å². The van der Waals surface area contributed by atoms with Crippen LogP contribution < -0.4 is 4.90 Å².